The molecule has 0 unspecified atom stereocenters. The SMILES string of the molecule is Cc1[nH]cnc1-c1cccc(NC(=O)c2cccc(N(C)C)c2)c1. The van der Waals surface area contributed by atoms with Crippen molar-refractivity contribution in [1.29, 1.82) is 0 Å². The van der Waals surface area contributed by atoms with Crippen LogP contribution < -0.4 is 10.2 Å². The first-order valence-corrected chi connectivity index (χ1v) is 7.74. The van der Waals surface area contributed by atoms with Gasteiger partial charge in [-0.05, 0) is 37.3 Å². The second kappa shape index (κ2) is 6.58. The molecule has 1 amide bonds. The van der Waals surface area contributed by atoms with E-state index in [0.717, 1.165) is 28.3 Å². The summed E-state index contributed by atoms with van der Waals surface area (Å²) in [5.41, 5.74) is 5.22. The highest BCUT2D eigenvalue weighted by atomic mass is 16.1. The van der Waals surface area contributed by atoms with E-state index < -0.39 is 0 Å². The molecule has 3 rings (SSSR count). The van der Waals surface area contributed by atoms with Gasteiger partial charge in [-0.1, -0.05) is 18.2 Å². The van der Waals surface area contributed by atoms with Crippen LogP contribution in [0, 0.1) is 6.92 Å². The van der Waals surface area contributed by atoms with Crippen molar-refractivity contribution in [3.63, 3.8) is 0 Å². The van der Waals surface area contributed by atoms with E-state index in [2.05, 4.69) is 15.3 Å². The lowest BCUT2D eigenvalue weighted by molar-refractivity contribution is 0.102. The number of anilines is 2. The predicted molar refractivity (Wildman–Crippen MR) is 97.5 cm³/mol. The van der Waals surface area contributed by atoms with Gasteiger partial charge in [-0.3, -0.25) is 4.79 Å². The van der Waals surface area contributed by atoms with Crippen LogP contribution in [0.2, 0.25) is 0 Å². The van der Waals surface area contributed by atoms with Crippen LogP contribution in [0.4, 0.5) is 11.4 Å². The number of carbonyl (C=O) groups is 1. The lowest BCUT2D eigenvalue weighted by Crippen LogP contribution is -2.14. The molecule has 0 bridgehead atoms. The highest BCUT2D eigenvalue weighted by molar-refractivity contribution is 6.05. The third-order valence-electron chi connectivity index (χ3n) is 3.85. The number of hydrogen-bond donors (Lipinski definition) is 2. The number of amides is 1. The number of aromatic amines is 1. The first-order chi connectivity index (χ1) is 11.5. The highest BCUT2D eigenvalue weighted by Crippen LogP contribution is 2.23. The molecule has 1 heterocycles. The minimum atomic E-state index is -0.130. The number of nitrogens with zero attached hydrogens (tertiary/aromatic N) is 2. The van der Waals surface area contributed by atoms with Crippen LogP contribution in [-0.4, -0.2) is 30.0 Å². The van der Waals surface area contributed by atoms with E-state index in [0.29, 0.717) is 5.56 Å². The van der Waals surface area contributed by atoms with Crippen molar-refractivity contribution >= 4 is 17.3 Å². The first kappa shape index (κ1) is 15.8. The molecule has 3 aromatic rings. The normalized spacial score (nSPS) is 10.5. The molecule has 0 atom stereocenters. The minimum Gasteiger partial charge on any atom is -0.378 e. The van der Waals surface area contributed by atoms with Crippen molar-refractivity contribution < 1.29 is 4.79 Å². The molecule has 0 aliphatic heterocycles. The summed E-state index contributed by atoms with van der Waals surface area (Å²) in [4.78, 5) is 21.9. The summed E-state index contributed by atoms with van der Waals surface area (Å²) in [6.07, 6.45) is 1.67. The Labute approximate surface area is 141 Å². The van der Waals surface area contributed by atoms with Gasteiger partial charge in [-0.15, -0.1) is 0 Å². The molecule has 122 valence electrons. The number of imidazole rings is 1. The molecule has 5 heteroatoms. The van der Waals surface area contributed by atoms with Crippen molar-refractivity contribution in [2.24, 2.45) is 0 Å². The van der Waals surface area contributed by atoms with Crippen molar-refractivity contribution in [2.45, 2.75) is 6.92 Å². The zero-order valence-corrected chi connectivity index (χ0v) is 14.0. The highest BCUT2D eigenvalue weighted by Gasteiger charge is 2.10. The number of carbonyl (C=O) groups excluding carboxylic acids is 1. The lowest BCUT2D eigenvalue weighted by Gasteiger charge is -2.13. The maximum atomic E-state index is 12.5. The number of rotatable bonds is 4. The summed E-state index contributed by atoms with van der Waals surface area (Å²) < 4.78 is 0. The van der Waals surface area contributed by atoms with E-state index in [9.17, 15) is 4.79 Å². The Morgan fingerprint density at radius 1 is 1.12 bits per heavy atom. The zero-order chi connectivity index (χ0) is 17.1. The second-order valence-corrected chi connectivity index (χ2v) is 5.86. The third-order valence-corrected chi connectivity index (χ3v) is 3.85. The Kier molecular flexibility index (Phi) is 4.33. The Bertz CT molecular complexity index is 867. The van der Waals surface area contributed by atoms with E-state index in [4.69, 9.17) is 0 Å². The number of benzene rings is 2. The molecule has 0 radical (unpaired) electrons. The topological polar surface area (TPSA) is 61.0 Å². The second-order valence-electron chi connectivity index (χ2n) is 5.86. The average molecular weight is 320 g/mol. The largest absolute Gasteiger partial charge is 0.378 e. The van der Waals surface area contributed by atoms with Gasteiger partial charge in [-0.2, -0.15) is 0 Å². The smallest absolute Gasteiger partial charge is 0.255 e. The Hall–Kier alpha value is -3.08. The van der Waals surface area contributed by atoms with Crippen LogP contribution >= 0.6 is 0 Å². The molecular formula is C19H20N4O. The fourth-order valence-electron chi connectivity index (χ4n) is 2.52. The monoisotopic (exact) mass is 320 g/mol. The quantitative estimate of drug-likeness (QED) is 0.770. The van der Waals surface area contributed by atoms with E-state index in [1.165, 1.54) is 0 Å². The van der Waals surface area contributed by atoms with Crippen molar-refractivity contribution in [2.75, 3.05) is 24.3 Å². The van der Waals surface area contributed by atoms with Gasteiger partial charge in [0.05, 0.1) is 12.0 Å². The number of nitrogens with one attached hydrogen (secondary N) is 2. The molecule has 0 aliphatic rings. The van der Waals surface area contributed by atoms with Gasteiger partial charge in [-0.25, -0.2) is 4.98 Å². The van der Waals surface area contributed by atoms with Gasteiger partial charge < -0.3 is 15.2 Å². The molecule has 5 nitrogen and oxygen atoms in total. The van der Waals surface area contributed by atoms with E-state index in [-0.39, 0.29) is 5.91 Å². The van der Waals surface area contributed by atoms with E-state index in [1.807, 2.05) is 74.4 Å². The standard InChI is InChI=1S/C19H20N4O/c1-13-18(21-12-20-13)14-6-4-8-16(10-14)22-19(24)15-7-5-9-17(11-15)23(2)3/h4-12H,1-3H3,(H,20,21)(H,22,24). The molecule has 0 saturated carbocycles. The molecule has 0 fully saturated rings. The molecule has 24 heavy (non-hydrogen) atoms. The summed E-state index contributed by atoms with van der Waals surface area (Å²) >= 11 is 0. The lowest BCUT2D eigenvalue weighted by atomic mass is 10.1. The Morgan fingerprint density at radius 2 is 1.92 bits per heavy atom. The molecule has 2 aromatic carbocycles. The van der Waals surface area contributed by atoms with Crippen LogP contribution in [0.3, 0.4) is 0 Å². The van der Waals surface area contributed by atoms with Crippen molar-refractivity contribution in [1.82, 2.24) is 9.97 Å². The van der Waals surface area contributed by atoms with Gasteiger partial charge in [0.15, 0.2) is 0 Å². The summed E-state index contributed by atoms with van der Waals surface area (Å²) in [6, 6.07) is 15.2. The summed E-state index contributed by atoms with van der Waals surface area (Å²) in [5, 5.41) is 2.95. The van der Waals surface area contributed by atoms with E-state index >= 15 is 0 Å². The molecule has 0 saturated heterocycles. The molecule has 0 spiro atoms. The number of aromatic nitrogens is 2. The maximum Gasteiger partial charge on any atom is 0.255 e. The summed E-state index contributed by atoms with van der Waals surface area (Å²) in [5.74, 6) is -0.130. The summed E-state index contributed by atoms with van der Waals surface area (Å²) in [6.45, 7) is 1.97. The fraction of sp³-hybridized carbons (Fsp3) is 0.158. The predicted octanol–water partition coefficient (Wildman–Crippen LogP) is 3.70. The number of aryl methyl sites for hydroxylation is 1. The maximum absolute atomic E-state index is 12.5. The average Bonchev–Trinajstić information content (AvgIpc) is 3.01. The molecular weight excluding hydrogens is 300 g/mol. The van der Waals surface area contributed by atoms with Gasteiger partial charge >= 0.3 is 0 Å². The van der Waals surface area contributed by atoms with Gasteiger partial charge in [0.2, 0.25) is 0 Å². The Balaban J connectivity index is 1.82. The van der Waals surface area contributed by atoms with E-state index in [1.54, 1.807) is 6.33 Å². The minimum absolute atomic E-state index is 0.130. The van der Waals surface area contributed by atoms with Crippen molar-refractivity contribution in [3.8, 4) is 11.3 Å². The fourth-order valence-corrected chi connectivity index (χ4v) is 2.52. The number of hydrogen-bond acceptors (Lipinski definition) is 3. The van der Waals surface area contributed by atoms with Crippen LogP contribution in [0.1, 0.15) is 16.1 Å². The van der Waals surface area contributed by atoms with Gasteiger partial charge in [0, 0.05) is 42.3 Å². The van der Waals surface area contributed by atoms with Crippen LogP contribution in [0.15, 0.2) is 54.9 Å². The Morgan fingerprint density at radius 3 is 2.62 bits per heavy atom. The number of H-pyrrole nitrogens is 1. The van der Waals surface area contributed by atoms with Crippen molar-refractivity contribution in [3.05, 3.63) is 66.1 Å². The third kappa shape index (κ3) is 3.30. The zero-order valence-electron chi connectivity index (χ0n) is 14.0. The molecule has 0 aliphatic carbocycles. The molecule has 2 N–H and O–H groups in total. The molecule has 1 aromatic heterocycles. The summed E-state index contributed by atoms with van der Waals surface area (Å²) in [7, 11) is 3.90. The van der Waals surface area contributed by atoms with Gasteiger partial charge in [0.1, 0.15) is 0 Å². The van der Waals surface area contributed by atoms with Crippen LogP contribution in [0.5, 0.6) is 0 Å². The van der Waals surface area contributed by atoms with Gasteiger partial charge in [0.25, 0.3) is 5.91 Å². The van der Waals surface area contributed by atoms with Crippen LogP contribution in [-0.2, 0) is 0 Å². The van der Waals surface area contributed by atoms with Crippen LogP contribution in [0.25, 0.3) is 11.3 Å². The first-order valence-electron chi connectivity index (χ1n) is 7.74.